The standard InChI is InChI=1S/C18H37NTe/c19-17-15-13-11-9-7-5-3-1-2-4-6-8-10-12-14-16-18-20/h1-2,20H,3-19H2/b2-1-. The third-order valence-electron chi connectivity index (χ3n) is 3.77. The molecule has 0 atom stereocenters. The molecule has 0 aromatic heterocycles. The van der Waals surface area contributed by atoms with Crippen LogP contribution in [0.15, 0.2) is 12.2 Å². The van der Waals surface area contributed by atoms with Crippen molar-refractivity contribution in [3.63, 3.8) is 0 Å². The number of unbranched alkanes of at least 4 members (excludes halogenated alkanes) is 12. The van der Waals surface area contributed by atoms with Crippen LogP contribution in [0.5, 0.6) is 0 Å². The van der Waals surface area contributed by atoms with Gasteiger partial charge in [-0.1, -0.05) is 25.7 Å². The van der Waals surface area contributed by atoms with Gasteiger partial charge in [-0.15, -0.1) is 0 Å². The van der Waals surface area contributed by atoms with Gasteiger partial charge in [-0.3, -0.25) is 0 Å². The van der Waals surface area contributed by atoms with Gasteiger partial charge in [-0.05, 0) is 13.0 Å². The van der Waals surface area contributed by atoms with Gasteiger partial charge in [-0.2, -0.15) is 0 Å². The maximum atomic E-state index is 5.48. The molecule has 0 heterocycles. The Balaban J connectivity index is 3.01. The van der Waals surface area contributed by atoms with Crippen LogP contribution in [-0.4, -0.2) is 28.8 Å². The van der Waals surface area contributed by atoms with E-state index in [0.29, 0.717) is 0 Å². The molecule has 2 N–H and O–H groups in total. The van der Waals surface area contributed by atoms with E-state index in [1.165, 1.54) is 94.4 Å². The molecule has 0 bridgehead atoms. The SMILES string of the molecule is NCCCCCCCC/C=C\CCCCCCCC[TeH]. The molecule has 0 amide bonds. The van der Waals surface area contributed by atoms with Gasteiger partial charge in [0.25, 0.3) is 0 Å². The molecule has 0 saturated carbocycles. The van der Waals surface area contributed by atoms with Crippen LogP contribution in [0.25, 0.3) is 0 Å². The van der Waals surface area contributed by atoms with Crippen molar-refractivity contribution < 1.29 is 0 Å². The Hall–Kier alpha value is 0.490. The van der Waals surface area contributed by atoms with Crippen molar-refractivity contribution in [3.8, 4) is 0 Å². The third-order valence-corrected chi connectivity index (χ3v) is 4.67. The monoisotopic (exact) mass is 397 g/mol. The summed E-state index contributed by atoms with van der Waals surface area (Å²) in [5.41, 5.74) is 5.48. The van der Waals surface area contributed by atoms with E-state index in [9.17, 15) is 0 Å². The first-order valence-electron chi connectivity index (χ1n) is 8.87. The Bertz CT molecular complexity index is 172. The summed E-state index contributed by atoms with van der Waals surface area (Å²) < 4.78 is 1.41. The van der Waals surface area contributed by atoms with E-state index in [-0.39, 0.29) is 0 Å². The van der Waals surface area contributed by atoms with Crippen LogP contribution in [0.1, 0.15) is 89.9 Å². The van der Waals surface area contributed by atoms with E-state index in [0.717, 1.165) is 6.54 Å². The molecule has 0 spiro atoms. The van der Waals surface area contributed by atoms with E-state index >= 15 is 0 Å². The normalized spacial score (nSPS) is 11.5. The molecular weight excluding hydrogens is 358 g/mol. The second-order valence-corrected chi connectivity index (χ2v) is 7.08. The zero-order valence-electron chi connectivity index (χ0n) is 13.5. The third kappa shape index (κ3) is 18.5. The molecule has 2 heteroatoms. The minimum absolute atomic E-state index is 0.863. The molecule has 0 aromatic carbocycles. The molecule has 1 nitrogen and oxygen atoms in total. The zero-order valence-corrected chi connectivity index (χ0v) is 16.0. The van der Waals surface area contributed by atoms with Gasteiger partial charge in [0, 0.05) is 0 Å². The number of nitrogens with two attached hydrogens (primary N) is 1. The van der Waals surface area contributed by atoms with E-state index in [1.54, 1.807) is 0 Å². The Morgan fingerprint density at radius 1 is 0.550 bits per heavy atom. The average Bonchev–Trinajstić information content (AvgIpc) is 2.47. The molecule has 0 unspecified atom stereocenters. The number of hydrogen-bond acceptors (Lipinski definition) is 1. The molecule has 0 aliphatic rings. The number of hydrogen-bond donors (Lipinski definition) is 1. The second kappa shape index (κ2) is 19.5. The summed E-state index contributed by atoms with van der Waals surface area (Å²) >= 11 is 1.96. The van der Waals surface area contributed by atoms with Gasteiger partial charge in [0.1, 0.15) is 0 Å². The quantitative estimate of drug-likeness (QED) is 0.215. The van der Waals surface area contributed by atoms with Crippen molar-refractivity contribution in [3.05, 3.63) is 12.2 Å². The van der Waals surface area contributed by atoms with Crippen molar-refractivity contribution >= 4 is 22.3 Å². The molecule has 0 aromatic rings. The van der Waals surface area contributed by atoms with Gasteiger partial charge >= 0.3 is 96.7 Å². The van der Waals surface area contributed by atoms with Crippen LogP contribution in [0.2, 0.25) is 4.47 Å². The fourth-order valence-corrected chi connectivity index (χ4v) is 3.07. The molecule has 0 saturated heterocycles. The van der Waals surface area contributed by atoms with Gasteiger partial charge in [-0.25, -0.2) is 0 Å². The predicted octanol–water partition coefficient (Wildman–Crippen LogP) is 5.28. The molecule has 0 aliphatic heterocycles. The summed E-state index contributed by atoms with van der Waals surface area (Å²) in [6.07, 6.45) is 24.1. The molecule has 0 fully saturated rings. The van der Waals surface area contributed by atoms with Crippen LogP contribution in [-0.2, 0) is 0 Å². The van der Waals surface area contributed by atoms with Crippen molar-refractivity contribution in [1.82, 2.24) is 0 Å². The summed E-state index contributed by atoms with van der Waals surface area (Å²) in [6, 6.07) is 0. The predicted molar refractivity (Wildman–Crippen MR) is 94.8 cm³/mol. The summed E-state index contributed by atoms with van der Waals surface area (Å²) in [4.78, 5) is 0. The summed E-state index contributed by atoms with van der Waals surface area (Å²) in [5.74, 6) is 0. The van der Waals surface area contributed by atoms with Crippen LogP contribution < -0.4 is 5.73 Å². The topological polar surface area (TPSA) is 26.0 Å². The van der Waals surface area contributed by atoms with Crippen LogP contribution in [0.3, 0.4) is 0 Å². The Morgan fingerprint density at radius 3 is 1.40 bits per heavy atom. The molecule has 20 heavy (non-hydrogen) atoms. The fourth-order valence-electron chi connectivity index (χ4n) is 2.43. The number of rotatable bonds is 16. The fraction of sp³-hybridized carbons (Fsp3) is 0.889. The molecule has 120 valence electrons. The Labute approximate surface area is 141 Å². The zero-order chi connectivity index (χ0) is 14.7. The van der Waals surface area contributed by atoms with Crippen LogP contribution in [0, 0.1) is 0 Å². The van der Waals surface area contributed by atoms with E-state index in [1.807, 2.05) is 22.3 Å². The Morgan fingerprint density at radius 2 is 0.950 bits per heavy atom. The van der Waals surface area contributed by atoms with Crippen molar-refractivity contribution in [2.75, 3.05) is 6.54 Å². The van der Waals surface area contributed by atoms with E-state index in [2.05, 4.69) is 12.2 Å². The summed E-state index contributed by atoms with van der Waals surface area (Å²) in [5, 5.41) is 0. The van der Waals surface area contributed by atoms with Crippen molar-refractivity contribution in [2.24, 2.45) is 5.73 Å². The molecule has 0 radical (unpaired) electrons. The first-order chi connectivity index (χ1) is 9.91. The van der Waals surface area contributed by atoms with Crippen molar-refractivity contribution in [1.29, 1.82) is 0 Å². The van der Waals surface area contributed by atoms with E-state index in [4.69, 9.17) is 5.73 Å². The van der Waals surface area contributed by atoms with Crippen LogP contribution in [0.4, 0.5) is 0 Å². The van der Waals surface area contributed by atoms with E-state index < -0.39 is 0 Å². The van der Waals surface area contributed by atoms with Gasteiger partial charge in [0.2, 0.25) is 0 Å². The second-order valence-electron chi connectivity index (χ2n) is 5.80. The van der Waals surface area contributed by atoms with Crippen molar-refractivity contribution in [2.45, 2.75) is 94.4 Å². The summed E-state index contributed by atoms with van der Waals surface area (Å²) in [7, 11) is 0. The number of allylic oxidation sites excluding steroid dienone is 2. The van der Waals surface area contributed by atoms with Gasteiger partial charge < -0.3 is 5.73 Å². The summed E-state index contributed by atoms with van der Waals surface area (Å²) in [6.45, 7) is 0.863. The Kier molecular flexibility index (Phi) is 20.0. The molecule has 0 aliphatic carbocycles. The molecular formula is C18H37NTe. The van der Waals surface area contributed by atoms with Gasteiger partial charge in [0.15, 0.2) is 0 Å². The minimum atomic E-state index is 0.863. The van der Waals surface area contributed by atoms with Gasteiger partial charge in [0.05, 0.1) is 0 Å². The maximum absolute atomic E-state index is 5.48. The average molecular weight is 395 g/mol. The molecule has 0 rings (SSSR count). The van der Waals surface area contributed by atoms with Crippen LogP contribution >= 0.6 is 0 Å². The first kappa shape index (κ1) is 20.5. The first-order valence-corrected chi connectivity index (χ1v) is 10.7.